The molecule has 1 aromatic carbocycles. The minimum Gasteiger partial charge on any atom is -0.454 e. The summed E-state index contributed by atoms with van der Waals surface area (Å²) in [5, 5.41) is 3.47. The topological polar surface area (TPSA) is 66.0 Å². The fourth-order valence-electron chi connectivity index (χ4n) is 4.43. The standard InChI is InChI=1S/C24H36N6O2/c1-18(2)30(19(3)4)10-9-25-23-7-8-26-24(27-23)29-13-11-28(12-14-29)16-20-5-6-21-22(15-20)32-17-31-21/h5-8,15,18-19H,9-14,16-17H2,1-4H3,(H,25,26,27). The molecule has 0 unspecified atom stereocenters. The first-order chi connectivity index (χ1) is 15.5. The summed E-state index contributed by atoms with van der Waals surface area (Å²) in [4.78, 5) is 16.5. The van der Waals surface area contributed by atoms with Gasteiger partial charge < -0.3 is 19.7 Å². The number of aromatic nitrogens is 2. The van der Waals surface area contributed by atoms with Crippen LogP contribution in [0.1, 0.15) is 33.3 Å². The zero-order valence-electron chi connectivity index (χ0n) is 19.8. The van der Waals surface area contributed by atoms with Crippen molar-refractivity contribution in [2.45, 2.75) is 46.3 Å². The van der Waals surface area contributed by atoms with Crippen LogP contribution in [0.3, 0.4) is 0 Å². The highest BCUT2D eigenvalue weighted by Gasteiger charge is 2.21. The molecule has 0 radical (unpaired) electrons. The van der Waals surface area contributed by atoms with E-state index in [1.54, 1.807) is 0 Å². The van der Waals surface area contributed by atoms with E-state index in [2.05, 4.69) is 64.8 Å². The maximum atomic E-state index is 5.50. The molecule has 0 atom stereocenters. The van der Waals surface area contributed by atoms with E-state index in [4.69, 9.17) is 14.5 Å². The molecule has 3 heterocycles. The van der Waals surface area contributed by atoms with Crippen molar-refractivity contribution in [2.75, 3.05) is 56.3 Å². The summed E-state index contributed by atoms with van der Waals surface area (Å²) in [5.41, 5.74) is 1.25. The number of hydrogen-bond acceptors (Lipinski definition) is 8. The first-order valence-corrected chi connectivity index (χ1v) is 11.7. The quantitative estimate of drug-likeness (QED) is 0.638. The van der Waals surface area contributed by atoms with E-state index in [-0.39, 0.29) is 0 Å². The summed E-state index contributed by atoms with van der Waals surface area (Å²) in [6.45, 7) is 15.9. The lowest BCUT2D eigenvalue weighted by atomic mass is 10.1. The lowest BCUT2D eigenvalue weighted by Crippen LogP contribution is -2.46. The van der Waals surface area contributed by atoms with Gasteiger partial charge >= 0.3 is 0 Å². The SMILES string of the molecule is CC(C)N(CCNc1ccnc(N2CCN(Cc3ccc4c(c3)OCO4)CC2)n1)C(C)C. The zero-order chi connectivity index (χ0) is 22.5. The number of rotatable bonds is 9. The van der Waals surface area contributed by atoms with Gasteiger partial charge in [-0.1, -0.05) is 6.07 Å². The summed E-state index contributed by atoms with van der Waals surface area (Å²) in [7, 11) is 0. The Morgan fingerprint density at radius 1 is 1.00 bits per heavy atom. The van der Waals surface area contributed by atoms with Gasteiger partial charge in [0.05, 0.1) is 0 Å². The molecule has 174 valence electrons. The van der Waals surface area contributed by atoms with E-state index >= 15 is 0 Å². The summed E-state index contributed by atoms with van der Waals surface area (Å²) in [6.07, 6.45) is 1.85. The van der Waals surface area contributed by atoms with Crippen molar-refractivity contribution < 1.29 is 9.47 Å². The molecular formula is C24H36N6O2. The molecule has 1 saturated heterocycles. The lowest BCUT2D eigenvalue weighted by Gasteiger charge is -2.34. The summed E-state index contributed by atoms with van der Waals surface area (Å²) in [6, 6.07) is 9.24. The Hall–Kier alpha value is -2.58. The predicted molar refractivity (Wildman–Crippen MR) is 128 cm³/mol. The van der Waals surface area contributed by atoms with Crippen molar-refractivity contribution in [3.63, 3.8) is 0 Å². The number of fused-ring (bicyclic) bond motifs is 1. The molecule has 2 aliphatic heterocycles. The number of ether oxygens (including phenoxy) is 2. The zero-order valence-corrected chi connectivity index (χ0v) is 19.8. The molecule has 32 heavy (non-hydrogen) atoms. The van der Waals surface area contributed by atoms with Gasteiger partial charge in [-0.05, 0) is 51.5 Å². The fourth-order valence-corrected chi connectivity index (χ4v) is 4.43. The highest BCUT2D eigenvalue weighted by molar-refractivity contribution is 5.44. The Bertz CT molecular complexity index is 875. The number of piperazine rings is 1. The lowest BCUT2D eigenvalue weighted by molar-refractivity contribution is 0.174. The van der Waals surface area contributed by atoms with Gasteiger partial charge in [-0.25, -0.2) is 4.98 Å². The third-order valence-corrected chi connectivity index (χ3v) is 6.14. The van der Waals surface area contributed by atoms with Gasteiger partial charge in [0, 0.05) is 64.1 Å². The number of nitrogens with one attached hydrogen (secondary N) is 1. The van der Waals surface area contributed by atoms with Crippen LogP contribution in [0, 0.1) is 0 Å². The van der Waals surface area contributed by atoms with E-state index in [9.17, 15) is 0 Å². The maximum absolute atomic E-state index is 5.50. The van der Waals surface area contributed by atoms with Crippen molar-refractivity contribution >= 4 is 11.8 Å². The van der Waals surface area contributed by atoms with Crippen LogP contribution in [0.5, 0.6) is 11.5 Å². The van der Waals surface area contributed by atoms with Crippen LogP contribution in [0.4, 0.5) is 11.8 Å². The predicted octanol–water partition coefficient (Wildman–Crippen LogP) is 3.06. The maximum Gasteiger partial charge on any atom is 0.231 e. The molecule has 8 heteroatoms. The summed E-state index contributed by atoms with van der Waals surface area (Å²) >= 11 is 0. The molecular weight excluding hydrogens is 404 g/mol. The molecule has 0 spiro atoms. The van der Waals surface area contributed by atoms with Gasteiger partial charge in [-0.2, -0.15) is 4.98 Å². The molecule has 1 N–H and O–H groups in total. The smallest absolute Gasteiger partial charge is 0.231 e. The van der Waals surface area contributed by atoms with Crippen LogP contribution in [0.25, 0.3) is 0 Å². The number of hydrogen-bond donors (Lipinski definition) is 1. The second kappa shape index (κ2) is 10.4. The second-order valence-corrected chi connectivity index (χ2v) is 9.04. The molecule has 1 aromatic heterocycles. The molecule has 1 fully saturated rings. The summed E-state index contributed by atoms with van der Waals surface area (Å²) < 4.78 is 10.9. The van der Waals surface area contributed by atoms with Crippen molar-refractivity contribution in [3.05, 3.63) is 36.0 Å². The van der Waals surface area contributed by atoms with Crippen LogP contribution in [-0.2, 0) is 6.54 Å². The van der Waals surface area contributed by atoms with Crippen LogP contribution in [-0.4, -0.2) is 77.9 Å². The minimum absolute atomic E-state index is 0.319. The Labute approximate surface area is 191 Å². The molecule has 4 rings (SSSR count). The van der Waals surface area contributed by atoms with E-state index in [1.165, 1.54) is 5.56 Å². The average Bonchev–Trinajstić information content (AvgIpc) is 3.25. The summed E-state index contributed by atoms with van der Waals surface area (Å²) in [5.74, 6) is 3.39. The molecule has 8 nitrogen and oxygen atoms in total. The van der Waals surface area contributed by atoms with Crippen LogP contribution in [0.2, 0.25) is 0 Å². The van der Waals surface area contributed by atoms with Gasteiger partial charge in [0.1, 0.15) is 5.82 Å². The van der Waals surface area contributed by atoms with Crippen molar-refractivity contribution in [2.24, 2.45) is 0 Å². The molecule has 0 amide bonds. The van der Waals surface area contributed by atoms with E-state index in [1.807, 2.05) is 18.3 Å². The van der Waals surface area contributed by atoms with Gasteiger partial charge in [-0.15, -0.1) is 0 Å². The largest absolute Gasteiger partial charge is 0.454 e. The second-order valence-electron chi connectivity index (χ2n) is 9.04. The van der Waals surface area contributed by atoms with Crippen molar-refractivity contribution in [1.82, 2.24) is 19.8 Å². The molecule has 0 saturated carbocycles. The van der Waals surface area contributed by atoms with Crippen LogP contribution in [0.15, 0.2) is 30.5 Å². The van der Waals surface area contributed by atoms with Crippen LogP contribution < -0.4 is 19.7 Å². The van der Waals surface area contributed by atoms with E-state index < -0.39 is 0 Å². The Kier molecular flexibility index (Phi) is 7.32. The van der Waals surface area contributed by atoms with E-state index in [0.29, 0.717) is 18.9 Å². The van der Waals surface area contributed by atoms with Crippen molar-refractivity contribution in [1.29, 1.82) is 0 Å². The molecule has 2 aliphatic rings. The average molecular weight is 441 g/mol. The Morgan fingerprint density at radius 3 is 2.50 bits per heavy atom. The highest BCUT2D eigenvalue weighted by atomic mass is 16.7. The van der Waals surface area contributed by atoms with E-state index in [0.717, 1.165) is 69.1 Å². The van der Waals surface area contributed by atoms with Crippen molar-refractivity contribution in [3.8, 4) is 11.5 Å². The fraction of sp³-hybridized carbons (Fsp3) is 0.583. The third-order valence-electron chi connectivity index (χ3n) is 6.14. The first-order valence-electron chi connectivity index (χ1n) is 11.7. The Morgan fingerprint density at radius 2 is 1.75 bits per heavy atom. The first kappa shape index (κ1) is 22.6. The monoisotopic (exact) mass is 440 g/mol. The highest BCUT2D eigenvalue weighted by Crippen LogP contribution is 2.32. The molecule has 0 aliphatic carbocycles. The Balaban J connectivity index is 1.26. The number of nitrogens with zero attached hydrogens (tertiary/aromatic N) is 5. The minimum atomic E-state index is 0.319. The third kappa shape index (κ3) is 5.61. The van der Waals surface area contributed by atoms with Gasteiger partial charge in [-0.3, -0.25) is 9.80 Å². The molecule has 0 bridgehead atoms. The van der Waals surface area contributed by atoms with Gasteiger partial charge in [0.25, 0.3) is 0 Å². The molecule has 2 aromatic rings. The van der Waals surface area contributed by atoms with Gasteiger partial charge in [0.2, 0.25) is 12.7 Å². The normalized spacial score (nSPS) is 16.4. The number of benzene rings is 1. The van der Waals surface area contributed by atoms with Gasteiger partial charge in [0.15, 0.2) is 11.5 Å². The number of anilines is 2. The van der Waals surface area contributed by atoms with Crippen LogP contribution >= 0.6 is 0 Å².